The van der Waals surface area contributed by atoms with Crippen LogP contribution in [-0.2, 0) is 4.79 Å². The van der Waals surface area contributed by atoms with E-state index >= 15 is 0 Å². The van der Waals surface area contributed by atoms with Crippen LogP contribution in [0, 0.1) is 5.92 Å². The lowest BCUT2D eigenvalue weighted by Gasteiger charge is -1.94. The lowest BCUT2D eigenvalue weighted by molar-refractivity contribution is -0.139. The average molecular weight is 145 g/mol. The van der Waals surface area contributed by atoms with Crippen LogP contribution in [-0.4, -0.2) is 16.8 Å². The molecule has 3 N–H and O–H groups in total. The van der Waals surface area contributed by atoms with Crippen LogP contribution in [0.1, 0.15) is 0 Å². The van der Waals surface area contributed by atoms with Crippen LogP contribution in [0.2, 0.25) is 0 Å². The Hall–Kier alpha value is -0.640. The molecule has 0 fully saturated rings. The van der Waals surface area contributed by atoms with Gasteiger partial charge in [0.1, 0.15) is 0 Å². The molecule has 0 spiro atoms. The number of thioether (sulfide) groups is 1. The monoisotopic (exact) mass is 145 g/mol. The molecule has 1 aliphatic rings. The van der Waals surface area contributed by atoms with Gasteiger partial charge < -0.3 is 10.8 Å². The zero-order valence-corrected chi connectivity index (χ0v) is 5.52. The topological polar surface area (TPSA) is 63.3 Å². The Labute approximate surface area is 56.9 Å². The van der Waals surface area contributed by atoms with E-state index < -0.39 is 5.97 Å². The van der Waals surface area contributed by atoms with Gasteiger partial charge in [-0.2, -0.15) is 0 Å². The molecule has 1 atom stereocenters. The molecule has 1 unspecified atom stereocenters. The second-order valence-electron chi connectivity index (χ2n) is 1.82. The summed E-state index contributed by atoms with van der Waals surface area (Å²) in [4.78, 5) is 10.2. The summed E-state index contributed by atoms with van der Waals surface area (Å²) >= 11 is 1.39. The van der Waals surface area contributed by atoms with Gasteiger partial charge in [0.05, 0.1) is 10.9 Å². The molecule has 0 aromatic rings. The second-order valence-corrected chi connectivity index (χ2v) is 2.92. The fourth-order valence-electron chi connectivity index (χ4n) is 0.623. The fourth-order valence-corrected chi connectivity index (χ4v) is 1.49. The maximum Gasteiger partial charge on any atom is 0.311 e. The normalized spacial score (nSPS) is 25.8. The molecule has 0 aromatic heterocycles. The van der Waals surface area contributed by atoms with E-state index in [1.807, 2.05) is 0 Å². The van der Waals surface area contributed by atoms with E-state index in [0.29, 0.717) is 10.8 Å². The molecule has 0 saturated carbocycles. The highest BCUT2D eigenvalue weighted by atomic mass is 32.2. The SMILES string of the molecule is NC1=CC(C(=O)O)CS1. The van der Waals surface area contributed by atoms with Crippen molar-refractivity contribution in [2.45, 2.75) is 0 Å². The van der Waals surface area contributed by atoms with Gasteiger partial charge in [0.2, 0.25) is 0 Å². The number of aliphatic carboxylic acids is 1. The number of nitrogens with two attached hydrogens (primary N) is 1. The van der Waals surface area contributed by atoms with Crippen molar-refractivity contribution < 1.29 is 9.90 Å². The van der Waals surface area contributed by atoms with Gasteiger partial charge in [-0.1, -0.05) is 0 Å². The van der Waals surface area contributed by atoms with Gasteiger partial charge in [-0.25, -0.2) is 0 Å². The largest absolute Gasteiger partial charge is 0.481 e. The zero-order valence-electron chi connectivity index (χ0n) is 4.70. The summed E-state index contributed by atoms with van der Waals surface area (Å²) in [6.45, 7) is 0. The smallest absolute Gasteiger partial charge is 0.311 e. The molecule has 4 heteroatoms. The summed E-state index contributed by atoms with van der Waals surface area (Å²) in [6.07, 6.45) is 1.58. The summed E-state index contributed by atoms with van der Waals surface area (Å²) in [5.41, 5.74) is 5.32. The molecular weight excluding hydrogens is 138 g/mol. The Morgan fingerprint density at radius 2 is 2.67 bits per heavy atom. The van der Waals surface area contributed by atoms with Crippen LogP contribution in [0.4, 0.5) is 0 Å². The summed E-state index contributed by atoms with van der Waals surface area (Å²) in [7, 11) is 0. The first kappa shape index (κ1) is 6.48. The van der Waals surface area contributed by atoms with E-state index in [2.05, 4.69) is 0 Å². The first-order valence-electron chi connectivity index (χ1n) is 2.53. The molecular formula is C5H7NO2S. The van der Waals surface area contributed by atoms with Crippen LogP contribution in [0.25, 0.3) is 0 Å². The van der Waals surface area contributed by atoms with Crippen molar-refractivity contribution in [3.8, 4) is 0 Å². The van der Waals surface area contributed by atoms with E-state index in [1.165, 1.54) is 11.8 Å². The minimum atomic E-state index is -0.789. The van der Waals surface area contributed by atoms with E-state index in [-0.39, 0.29) is 5.92 Å². The van der Waals surface area contributed by atoms with Crippen LogP contribution in [0.5, 0.6) is 0 Å². The number of carbonyl (C=O) groups is 1. The molecule has 1 aliphatic heterocycles. The third-order valence-electron chi connectivity index (χ3n) is 1.11. The number of carboxylic acids is 1. The summed E-state index contributed by atoms with van der Waals surface area (Å²) < 4.78 is 0. The minimum Gasteiger partial charge on any atom is -0.481 e. The van der Waals surface area contributed by atoms with Crippen molar-refractivity contribution in [3.63, 3.8) is 0 Å². The Kier molecular flexibility index (Phi) is 1.66. The van der Waals surface area contributed by atoms with Gasteiger partial charge in [-0.3, -0.25) is 4.79 Å². The third-order valence-corrected chi connectivity index (χ3v) is 2.11. The molecule has 3 nitrogen and oxygen atoms in total. The van der Waals surface area contributed by atoms with Crippen LogP contribution < -0.4 is 5.73 Å². The predicted octanol–water partition coefficient (Wildman–Crippen LogP) is 0.234. The molecule has 0 aromatic carbocycles. The molecule has 0 radical (unpaired) electrons. The molecule has 1 rings (SSSR count). The van der Waals surface area contributed by atoms with Crippen molar-refractivity contribution in [2.75, 3.05) is 5.75 Å². The maximum atomic E-state index is 10.2. The van der Waals surface area contributed by atoms with Gasteiger partial charge in [0.25, 0.3) is 0 Å². The van der Waals surface area contributed by atoms with Crippen molar-refractivity contribution >= 4 is 17.7 Å². The van der Waals surface area contributed by atoms with Gasteiger partial charge in [-0.15, -0.1) is 11.8 Å². The van der Waals surface area contributed by atoms with E-state index in [0.717, 1.165) is 0 Å². The molecule has 0 bridgehead atoms. The summed E-state index contributed by atoms with van der Waals surface area (Å²) in [5.74, 6) is -0.570. The fraction of sp³-hybridized carbons (Fsp3) is 0.400. The summed E-state index contributed by atoms with van der Waals surface area (Å²) in [5, 5.41) is 9.04. The number of carboxylic acid groups (broad SMARTS) is 1. The van der Waals surface area contributed by atoms with Crippen molar-refractivity contribution in [1.29, 1.82) is 0 Å². The molecule has 1 heterocycles. The molecule has 0 amide bonds. The lowest BCUT2D eigenvalue weighted by Crippen LogP contribution is -2.10. The molecule has 0 aliphatic carbocycles. The van der Waals surface area contributed by atoms with Gasteiger partial charge in [0, 0.05) is 5.75 Å². The van der Waals surface area contributed by atoms with E-state index in [4.69, 9.17) is 10.8 Å². The first-order valence-corrected chi connectivity index (χ1v) is 3.51. The Balaban J connectivity index is 2.57. The second kappa shape index (κ2) is 2.31. The summed E-state index contributed by atoms with van der Waals surface area (Å²) in [6, 6.07) is 0. The Morgan fingerprint density at radius 3 is 2.89 bits per heavy atom. The Morgan fingerprint density at radius 1 is 2.00 bits per heavy atom. The average Bonchev–Trinajstić information content (AvgIpc) is 2.14. The van der Waals surface area contributed by atoms with Gasteiger partial charge in [0.15, 0.2) is 0 Å². The van der Waals surface area contributed by atoms with E-state index in [1.54, 1.807) is 6.08 Å². The lowest BCUT2D eigenvalue weighted by atomic mass is 10.2. The predicted molar refractivity (Wildman–Crippen MR) is 35.9 cm³/mol. The van der Waals surface area contributed by atoms with Crippen LogP contribution >= 0.6 is 11.8 Å². The standard InChI is InChI=1S/C5H7NO2S/c6-4-1-3(2-9-4)5(7)8/h1,3H,2,6H2,(H,7,8). The van der Waals surface area contributed by atoms with Gasteiger partial charge in [-0.05, 0) is 6.08 Å². The quantitative estimate of drug-likeness (QED) is 0.554. The van der Waals surface area contributed by atoms with Crippen molar-refractivity contribution in [1.82, 2.24) is 0 Å². The van der Waals surface area contributed by atoms with Crippen LogP contribution in [0.15, 0.2) is 11.1 Å². The number of rotatable bonds is 1. The maximum absolute atomic E-state index is 10.2. The van der Waals surface area contributed by atoms with Crippen molar-refractivity contribution in [2.24, 2.45) is 11.7 Å². The number of hydrogen-bond donors (Lipinski definition) is 2. The van der Waals surface area contributed by atoms with Crippen molar-refractivity contribution in [3.05, 3.63) is 11.1 Å². The highest BCUT2D eigenvalue weighted by Gasteiger charge is 2.20. The van der Waals surface area contributed by atoms with Gasteiger partial charge >= 0.3 is 5.97 Å². The van der Waals surface area contributed by atoms with E-state index in [9.17, 15) is 4.79 Å². The first-order chi connectivity index (χ1) is 4.20. The molecule has 9 heavy (non-hydrogen) atoms. The third kappa shape index (κ3) is 1.38. The Bertz CT molecular complexity index is 166. The highest BCUT2D eigenvalue weighted by molar-refractivity contribution is 8.03. The zero-order chi connectivity index (χ0) is 6.85. The van der Waals surface area contributed by atoms with Crippen LogP contribution in [0.3, 0.4) is 0 Å². The molecule has 50 valence electrons. The highest BCUT2D eigenvalue weighted by Crippen LogP contribution is 2.24. The number of hydrogen-bond acceptors (Lipinski definition) is 3. The molecule has 0 saturated heterocycles. The minimum absolute atomic E-state index is 0.366.